The molecule has 5 aliphatic rings. The van der Waals surface area contributed by atoms with Crippen molar-refractivity contribution in [1.29, 1.82) is 0 Å². The molecule has 3 aliphatic carbocycles. The minimum Gasteiger partial charge on any atom is -0.472 e. The highest BCUT2D eigenvalue weighted by atomic mass is 16.7. The van der Waals surface area contributed by atoms with Crippen LogP contribution in [0.15, 0.2) is 23.0 Å². The van der Waals surface area contributed by atoms with Crippen LogP contribution in [0.25, 0.3) is 0 Å². The molecule has 0 bridgehead atoms. The van der Waals surface area contributed by atoms with Gasteiger partial charge in [0.25, 0.3) is 0 Å². The van der Waals surface area contributed by atoms with Gasteiger partial charge in [-0.1, -0.05) is 27.7 Å². The third kappa shape index (κ3) is 3.05. The quantitative estimate of drug-likeness (QED) is 0.312. The molecule has 39 heavy (non-hydrogen) atoms. The van der Waals surface area contributed by atoms with Crippen LogP contribution in [0.5, 0.6) is 0 Å². The van der Waals surface area contributed by atoms with E-state index in [1.807, 2.05) is 20.8 Å². The summed E-state index contributed by atoms with van der Waals surface area (Å²) in [5.74, 6) is -1.72. The van der Waals surface area contributed by atoms with Crippen molar-refractivity contribution in [2.75, 3.05) is 0 Å². The van der Waals surface area contributed by atoms with Gasteiger partial charge < -0.3 is 23.4 Å². The average molecular weight is 543 g/mol. The topological polar surface area (TPSA) is 122 Å². The van der Waals surface area contributed by atoms with Crippen LogP contribution in [0.4, 0.5) is 0 Å². The first-order chi connectivity index (χ1) is 18.2. The minimum absolute atomic E-state index is 0.0298. The summed E-state index contributed by atoms with van der Waals surface area (Å²) < 4.78 is 29.5. The average Bonchev–Trinajstić information content (AvgIpc) is 3.41. The SMILES string of the molecule is CC(=O)O[C@H]1C[C@@H](OC(C)=O)C(C)(C)C2CC(=O)[C@]3(C)C(CC[C@@]4(C)[C@H](c5ccoc5)OC(=O)[C@H]5O[C@]543)[C@]21C. The Bertz CT molecular complexity index is 1250. The molecule has 6 rings (SSSR count). The monoisotopic (exact) mass is 542 g/mol. The molecular formula is C30H38O9. The second-order valence-corrected chi connectivity index (χ2v) is 13.6. The molecule has 2 aliphatic heterocycles. The summed E-state index contributed by atoms with van der Waals surface area (Å²) in [4.78, 5) is 52.3. The molecule has 1 aromatic heterocycles. The first-order valence-corrected chi connectivity index (χ1v) is 13.9. The van der Waals surface area contributed by atoms with Crippen LogP contribution in [-0.2, 0) is 38.1 Å². The number of ketones is 1. The zero-order chi connectivity index (χ0) is 28.3. The van der Waals surface area contributed by atoms with E-state index in [9.17, 15) is 19.2 Å². The highest BCUT2D eigenvalue weighted by Gasteiger charge is 2.89. The number of carbonyl (C=O) groups is 4. The summed E-state index contributed by atoms with van der Waals surface area (Å²) in [5, 5.41) is 0. The number of fused-ring (bicyclic) bond motifs is 3. The van der Waals surface area contributed by atoms with Crippen LogP contribution in [0.1, 0.15) is 85.8 Å². The van der Waals surface area contributed by atoms with E-state index in [1.54, 1.807) is 18.6 Å². The summed E-state index contributed by atoms with van der Waals surface area (Å²) in [6, 6.07) is 1.80. The smallest absolute Gasteiger partial charge is 0.339 e. The van der Waals surface area contributed by atoms with Gasteiger partial charge in [0, 0.05) is 48.5 Å². The molecule has 212 valence electrons. The van der Waals surface area contributed by atoms with Crippen molar-refractivity contribution in [2.24, 2.45) is 33.5 Å². The number of esters is 3. The molecule has 1 aromatic rings. The van der Waals surface area contributed by atoms with Gasteiger partial charge in [-0.15, -0.1) is 0 Å². The summed E-state index contributed by atoms with van der Waals surface area (Å²) in [5.41, 5.74) is -3.19. The van der Waals surface area contributed by atoms with Crippen molar-refractivity contribution in [1.82, 2.24) is 0 Å². The van der Waals surface area contributed by atoms with Gasteiger partial charge in [0.05, 0.1) is 17.9 Å². The first kappa shape index (κ1) is 26.5. The Labute approximate surface area is 228 Å². The van der Waals surface area contributed by atoms with Crippen LogP contribution in [0.3, 0.4) is 0 Å². The van der Waals surface area contributed by atoms with Crippen molar-refractivity contribution >= 4 is 23.7 Å². The van der Waals surface area contributed by atoms with Crippen LogP contribution in [0.2, 0.25) is 0 Å². The van der Waals surface area contributed by atoms with Crippen molar-refractivity contribution in [3.63, 3.8) is 0 Å². The van der Waals surface area contributed by atoms with Crippen molar-refractivity contribution in [2.45, 2.75) is 104 Å². The van der Waals surface area contributed by atoms with Gasteiger partial charge in [0.2, 0.25) is 0 Å². The summed E-state index contributed by atoms with van der Waals surface area (Å²) in [7, 11) is 0. The number of furan rings is 1. The molecule has 3 saturated carbocycles. The standard InChI is InChI=1S/C30H38O9/c1-15(31)36-21-13-22(37-16(2)32)28(6)18-8-10-27(5)23(17-9-11-35-14-17)38-25(34)24-30(27,39-24)29(18,7)20(33)12-19(28)26(21,3)4/h9,11,14,18-19,21-24H,8,10,12-13H2,1-7H3/t18?,19?,21-,22+,23+,24-,27+,28-,29+,30-/m1/s1. The lowest BCUT2D eigenvalue weighted by Crippen LogP contribution is -2.74. The Morgan fingerprint density at radius 3 is 2.23 bits per heavy atom. The van der Waals surface area contributed by atoms with Gasteiger partial charge >= 0.3 is 17.9 Å². The van der Waals surface area contributed by atoms with E-state index in [-0.39, 0.29) is 24.0 Å². The van der Waals surface area contributed by atoms with Crippen LogP contribution >= 0.6 is 0 Å². The van der Waals surface area contributed by atoms with E-state index in [0.29, 0.717) is 19.3 Å². The minimum atomic E-state index is -1.05. The van der Waals surface area contributed by atoms with E-state index < -0.39 is 69.6 Å². The molecule has 0 N–H and O–H groups in total. The van der Waals surface area contributed by atoms with Gasteiger partial charge in [-0.3, -0.25) is 14.4 Å². The largest absolute Gasteiger partial charge is 0.472 e. The number of cyclic esters (lactones) is 1. The van der Waals surface area contributed by atoms with Crippen LogP contribution in [0, 0.1) is 33.5 Å². The molecular weight excluding hydrogens is 504 g/mol. The van der Waals surface area contributed by atoms with Gasteiger partial charge in [-0.05, 0) is 37.7 Å². The summed E-state index contributed by atoms with van der Waals surface area (Å²) in [6.07, 6.45) is 2.44. The number of carbonyl (C=O) groups excluding carboxylic acids is 4. The molecule has 9 nitrogen and oxygen atoms in total. The van der Waals surface area contributed by atoms with E-state index >= 15 is 0 Å². The fourth-order valence-corrected chi connectivity index (χ4v) is 9.92. The van der Waals surface area contributed by atoms with Crippen molar-refractivity contribution < 1.29 is 42.5 Å². The Kier molecular flexibility index (Phi) is 5.41. The molecule has 0 radical (unpaired) electrons. The number of Topliss-reactive ketones (excluding diaryl/α,β-unsaturated/α-hetero) is 1. The Balaban J connectivity index is 1.50. The van der Waals surface area contributed by atoms with Gasteiger partial charge in [0.1, 0.15) is 29.7 Å². The lowest BCUT2D eigenvalue weighted by Gasteiger charge is -2.69. The predicted molar refractivity (Wildman–Crippen MR) is 135 cm³/mol. The fraction of sp³-hybridized carbons (Fsp3) is 0.733. The van der Waals surface area contributed by atoms with Gasteiger partial charge in [-0.25, -0.2) is 4.79 Å². The maximum atomic E-state index is 14.6. The lowest BCUT2D eigenvalue weighted by molar-refractivity contribution is -0.259. The molecule has 5 fully saturated rings. The zero-order valence-corrected chi connectivity index (χ0v) is 23.7. The third-order valence-electron chi connectivity index (χ3n) is 11.7. The van der Waals surface area contributed by atoms with Crippen LogP contribution < -0.4 is 0 Å². The number of hydrogen-bond donors (Lipinski definition) is 0. The number of hydrogen-bond acceptors (Lipinski definition) is 9. The number of rotatable bonds is 3. The van der Waals surface area contributed by atoms with Gasteiger partial charge in [-0.2, -0.15) is 0 Å². The van der Waals surface area contributed by atoms with Crippen molar-refractivity contribution in [3.05, 3.63) is 24.2 Å². The number of epoxide rings is 1. The normalized spacial score (nSPS) is 47.5. The summed E-state index contributed by atoms with van der Waals surface area (Å²) >= 11 is 0. The number of ether oxygens (including phenoxy) is 4. The maximum absolute atomic E-state index is 14.6. The van der Waals surface area contributed by atoms with Crippen LogP contribution in [-0.4, -0.2) is 47.6 Å². The second-order valence-electron chi connectivity index (χ2n) is 13.6. The Morgan fingerprint density at radius 2 is 1.62 bits per heavy atom. The first-order valence-electron chi connectivity index (χ1n) is 13.9. The van der Waals surface area contributed by atoms with Crippen molar-refractivity contribution in [3.8, 4) is 0 Å². The van der Waals surface area contributed by atoms with E-state index in [2.05, 4.69) is 13.8 Å². The molecule has 2 unspecified atom stereocenters. The molecule has 1 spiro atoms. The Morgan fingerprint density at radius 1 is 0.949 bits per heavy atom. The summed E-state index contributed by atoms with van der Waals surface area (Å²) in [6.45, 7) is 13.0. The zero-order valence-electron chi connectivity index (χ0n) is 23.7. The highest BCUT2D eigenvalue weighted by molar-refractivity contribution is 5.93. The van der Waals surface area contributed by atoms with E-state index in [0.717, 1.165) is 5.56 Å². The Hall–Kier alpha value is -2.68. The predicted octanol–water partition coefficient (Wildman–Crippen LogP) is 4.33. The maximum Gasteiger partial charge on any atom is 0.339 e. The fourth-order valence-electron chi connectivity index (χ4n) is 9.92. The molecule has 10 atom stereocenters. The van der Waals surface area contributed by atoms with E-state index in [1.165, 1.54) is 13.8 Å². The molecule has 0 amide bonds. The lowest BCUT2D eigenvalue weighted by atomic mass is 9.34. The second kappa shape index (κ2) is 7.95. The molecule has 0 aromatic carbocycles. The highest BCUT2D eigenvalue weighted by Crippen LogP contribution is 2.79. The van der Waals surface area contributed by atoms with E-state index in [4.69, 9.17) is 23.4 Å². The molecule has 2 saturated heterocycles. The third-order valence-corrected chi connectivity index (χ3v) is 11.7. The molecule has 3 heterocycles. The van der Waals surface area contributed by atoms with Gasteiger partial charge in [0.15, 0.2) is 6.10 Å². The molecule has 9 heteroatoms.